The molecule has 1 fully saturated rings. The van der Waals surface area contributed by atoms with Crippen molar-refractivity contribution in [3.8, 4) is 6.07 Å². The lowest BCUT2D eigenvalue weighted by atomic mass is 9.95. The summed E-state index contributed by atoms with van der Waals surface area (Å²) in [6, 6.07) is 18.3. The van der Waals surface area contributed by atoms with Crippen LogP contribution in [0.5, 0.6) is 0 Å². The molecular weight excluding hydrogens is 350 g/mol. The second kappa shape index (κ2) is 8.45. The maximum absolute atomic E-state index is 12.6. The molecule has 0 radical (unpaired) electrons. The molecule has 0 unspecified atom stereocenters. The molecule has 2 aromatic rings. The highest BCUT2D eigenvalue weighted by Gasteiger charge is 2.25. The summed E-state index contributed by atoms with van der Waals surface area (Å²) < 4.78 is 5.87. The zero-order valence-corrected chi connectivity index (χ0v) is 15.9. The lowest BCUT2D eigenvalue weighted by Gasteiger charge is -2.34. The molecule has 2 aliphatic heterocycles. The van der Waals surface area contributed by atoms with Crippen molar-refractivity contribution in [2.45, 2.75) is 37.8 Å². The third kappa shape index (κ3) is 4.18. The van der Waals surface area contributed by atoms with Crippen molar-refractivity contribution in [1.82, 2.24) is 5.32 Å². The highest BCUT2D eigenvalue weighted by atomic mass is 16.5. The van der Waals surface area contributed by atoms with Gasteiger partial charge in [0.15, 0.2) is 0 Å². The molecule has 2 aliphatic rings. The summed E-state index contributed by atoms with van der Waals surface area (Å²) in [5, 5.41) is 12.1. The standard InChI is InChI=1S/C23H25N3O2/c24-16-17-5-7-20(8-6-17)26-12-9-19(10-13-26)25-23(27)15-22-21-4-2-1-3-18(21)11-14-28-22/h1-8,19,22H,9-15H2,(H,25,27)/t22-/m1/s1. The first-order valence-corrected chi connectivity index (χ1v) is 9.97. The quantitative estimate of drug-likeness (QED) is 0.890. The number of nitriles is 1. The van der Waals surface area contributed by atoms with Crippen LogP contribution >= 0.6 is 0 Å². The van der Waals surface area contributed by atoms with E-state index in [0.717, 1.165) is 43.6 Å². The second-order valence-electron chi connectivity index (χ2n) is 7.50. The minimum atomic E-state index is -0.135. The van der Waals surface area contributed by atoms with Crippen LogP contribution in [0.1, 0.15) is 42.1 Å². The van der Waals surface area contributed by atoms with E-state index >= 15 is 0 Å². The van der Waals surface area contributed by atoms with Gasteiger partial charge in [0, 0.05) is 24.8 Å². The molecule has 1 atom stereocenters. The Labute approximate surface area is 165 Å². The molecular formula is C23H25N3O2. The third-order valence-electron chi connectivity index (χ3n) is 5.68. The van der Waals surface area contributed by atoms with Gasteiger partial charge in [0.05, 0.1) is 30.8 Å². The molecule has 2 aromatic carbocycles. The summed E-state index contributed by atoms with van der Waals surface area (Å²) in [4.78, 5) is 14.9. The van der Waals surface area contributed by atoms with E-state index in [1.54, 1.807) is 0 Å². The fraction of sp³-hybridized carbons (Fsp3) is 0.391. The number of nitrogens with zero attached hydrogens (tertiary/aromatic N) is 2. The molecule has 5 nitrogen and oxygen atoms in total. The molecule has 0 aromatic heterocycles. The molecule has 2 heterocycles. The molecule has 1 N–H and O–H groups in total. The zero-order chi connectivity index (χ0) is 19.3. The van der Waals surface area contributed by atoms with Crippen LogP contribution in [-0.4, -0.2) is 31.6 Å². The molecule has 1 amide bonds. The molecule has 0 spiro atoms. The number of rotatable bonds is 4. The van der Waals surface area contributed by atoms with Gasteiger partial charge in [-0.15, -0.1) is 0 Å². The summed E-state index contributed by atoms with van der Waals surface area (Å²) in [6.07, 6.45) is 3.01. The summed E-state index contributed by atoms with van der Waals surface area (Å²) in [7, 11) is 0. The van der Waals surface area contributed by atoms with Crippen LogP contribution in [0.2, 0.25) is 0 Å². The SMILES string of the molecule is N#Cc1ccc(N2CCC(NC(=O)C[C@H]3OCCc4ccccc43)CC2)cc1. The first-order valence-electron chi connectivity index (χ1n) is 9.97. The lowest BCUT2D eigenvalue weighted by molar-refractivity contribution is -0.125. The Balaban J connectivity index is 1.28. The summed E-state index contributed by atoms with van der Waals surface area (Å²) in [6.45, 7) is 2.48. The minimum absolute atomic E-state index is 0.0681. The number of amides is 1. The van der Waals surface area contributed by atoms with E-state index in [1.165, 1.54) is 5.56 Å². The van der Waals surface area contributed by atoms with Gasteiger partial charge in [0.1, 0.15) is 0 Å². The van der Waals surface area contributed by atoms with Gasteiger partial charge < -0.3 is 15.0 Å². The zero-order valence-electron chi connectivity index (χ0n) is 15.9. The summed E-state index contributed by atoms with van der Waals surface area (Å²) in [5.41, 5.74) is 4.26. The average molecular weight is 375 g/mol. The Bertz CT molecular complexity index is 864. The fourth-order valence-electron chi connectivity index (χ4n) is 4.13. The number of benzene rings is 2. The number of anilines is 1. The van der Waals surface area contributed by atoms with Gasteiger partial charge in [-0.25, -0.2) is 0 Å². The van der Waals surface area contributed by atoms with E-state index in [-0.39, 0.29) is 18.1 Å². The van der Waals surface area contributed by atoms with E-state index in [0.29, 0.717) is 18.6 Å². The van der Waals surface area contributed by atoms with E-state index in [1.807, 2.05) is 36.4 Å². The van der Waals surface area contributed by atoms with Crippen LogP contribution < -0.4 is 10.2 Å². The number of nitrogens with one attached hydrogen (secondary N) is 1. The van der Waals surface area contributed by atoms with Crippen molar-refractivity contribution in [1.29, 1.82) is 5.26 Å². The minimum Gasteiger partial charge on any atom is -0.373 e. The van der Waals surface area contributed by atoms with Gasteiger partial charge in [-0.05, 0) is 54.7 Å². The topological polar surface area (TPSA) is 65.4 Å². The van der Waals surface area contributed by atoms with Gasteiger partial charge in [-0.3, -0.25) is 4.79 Å². The highest BCUT2D eigenvalue weighted by Crippen LogP contribution is 2.29. The van der Waals surface area contributed by atoms with Crippen molar-refractivity contribution < 1.29 is 9.53 Å². The largest absolute Gasteiger partial charge is 0.373 e. The molecule has 1 saturated heterocycles. The Morgan fingerprint density at radius 2 is 1.89 bits per heavy atom. The van der Waals surface area contributed by atoms with Crippen LogP contribution in [-0.2, 0) is 16.0 Å². The molecule has 144 valence electrons. The van der Waals surface area contributed by atoms with Crippen molar-refractivity contribution >= 4 is 11.6 Å². The van der Waals surface area contributed by atoms with Crippen molar-refractivity contribution in [3.63, 3.8) is 0 Å². The molecule has 0 aliphatic carbocycles. The maximum atomic E-state index is 12.6. The summed E-state index contributed by atoms with van der Waals surface area (Å²) in [5.74, 6) is 0.0681. The number of hydrogen-bond donors (Lipinski definition) is 1. The van der Waals surface area contributed by atoms with Gasteiger partial charge >= 0.3 is 0 Å². The predicted octanol–water partition coefficient (Wildman–Crippen LogP) is 3.35. The predicted molar refractivity (Wildman–Crippen MR) is 108 cm³/mol. The van der Waals surface area contributed by atoms with Crippen LogP contribution in [0.4, 0.5) is 5.69 Å². The van der Waals surface area contributed by atoms with Gasteiger partial charge in [0.2, 0.25) is 5.91 Å². The Hall–Kier alpha value is -2.84. The molecule has 4 rings (SSSR count). The first-order chi connectivity index (χ1) is 13.7. The second-order valence-corrected chi connectivity index (χ2v) is 7.50. The first kappa shape index (κ1) is 18.5. The molecule has 28 heavy (non-hydrogen) atoms. The molecule has 0 bridgehead atoms. The Morgan fingerprint density at radius 1 is 1.14 bits per heavy atom. The van der Waals surface area contributed by atoms with Crippen LogP contribution in [0.3, 0.4) is 0 Å². The Morgan fingerprint density at radius 3 is 2.64 bits per heavy atom. The third-order valence-corrected chi connectivity index (χ3v) is 5.68. The monoisotopic (exact) mass is 375 g/mol. The number of hydrogen-bond acceptors (Lipinski definition) is 4. The average Bonchev–Trinajstić information content (AvgIpc) is 2.75. The van der Waals surface area contributed by atoms with Crippen LogP contribution in [0, 0.1) is 11.3 Å². The lowest BCUT2D eigenvalue weighted by Crippen LogP contribution is -2.45. The number of carbonyl (C=O) groups excluding carboxylic acids is 1. The van der Waals surface area contributed by atoms with Crippen molar-refractivity contribution in [3.05, 3.63) is 65.2 Å². The van der Waals surface area contributed by atoms with Gasteiger partial charge in [-0.2, -0.15) is 5.26 Å². The van der Waals surface area contributed by atoms with Crippen molar-refractivity contribution in [2.75, 3.05) is 24.6 Å². The number of ether oxygens (including phenoxy) is 1. The number of carbonyl (C=O) groups is 1. The van der Waals surface area contributed by atoms with Gasteiger partial charge in [-0.1, -0.05) is 24.3 Å². The van der Waals surface area contributed by atoms with E-state index in [4.69, 9.17) is 10.00 Å². The van der Waals surface area contributed by atoms with E-state index in [9.17, 15) is 4.79 Å². The van der Waals surface area contributed by atoms with E-state index < -0.39 is 0 Å². The number of fused-ring (bicyclic) bond motifs is 1. The molecule has 5 heteroatoms. The molecule has 0 saturated carbocycles. The Kier molecular flexibility index (Phi) is 5.59. The van der Waals surface area contributed by atoms with E-state index in [2.05, 4.69) is 28.4 Å². The summed E-state index contributed by atoms with van der Waals surface area (Å²) >= 11 is 0. The van der Waals surface area contributed by atoms with Crippen LogP contribution in [0.15, 0.2) is 48.5 Å². The van der Waals surface area contributed by atoms with Crippen LogP contribution in [0.25, 0.3) is 0 Å². The van der Waals surface area contributed by atoms with Gasteiger partial charge in [0.25, 0.3) is 0 Å². The normalized spacial score (nSPS) is 19.5. The maximum Gasteiger partial charge on any atom is 0.223 e. The number of piperidine rings is 1. The fourth-order valence-corrected chi connectivity index (χ4v) is 4.13. The highest BCUT2D eigenvalue weighted by molar-refractivity contribution is 5.77. The van der Waals surface area contributed by atoms with Crippen molar-refractivity contribution in [2.24, 2.45) is 0 Å². The smallest absolute Gasteiger partial charge is 0.223 e.